The molecular weight excluding hydrogens is 1450 g/mol. The molecule has 2 aromatic heterocycles. The number of halogens is 1. The zero-order valence-electron chi connectivity index (χ0n) is 62.0. The van der Waals surface area contributed by atoms with Crippen molar-refractivity contribution >= 4 is 110 Å². The van der Waals surface area contributed by atoms with Gasteiger partial charge in [-0.25, -0.2) is 24.2 Å². The van der Waals surface area contributed by atoms with Crippen LogP contribution in [-0.4, -0.2) is 187 Å². The summed E-state index contributed by atoms with van der Waals surface area (Å²) in [6, 6.07) is 35.9. The molecule has 30 heteroatoms. The van der Waals surface area contributed by atoms with E-state index in [2.05, 4.69) is 43.4 Å². The van der Waals surface area contributed by atoms with Gasteiger partial charge in [-0.2, -0.15) is 0 Å². The monoisotopic (exact) mass is 1540 g/mol. The molecule has 2 aliphatic rings. The van der Waals surface area contributed by atoms with Crippen LogP contribution >= 0.6 is 11.6 Å². The number of aliphatic hydroxyl groups is 1. The molecule has 29 nitrogen and oxygen atoms in total. The fraction of sp³-hybridized carbons (Fsp3) is 0.346. The molecule has 9 N–H and O–H groups in total. The number of benzene rings is 6. The van der Waals surface area contributed by atoms with Crippen LogP contribution in [0.5, 0.6) is 11.5 Å². The molecule has 4 heterocycles. The second kappa shape index (κ2) is 39.3. The van der Waals surface area contributed by atoms with Crippen molar-refractivity contribution in [2.24, 2.45) is 17.6 Å². The summed E-state index contributed by atoms with van der Waals surface area (Å²) in [5, 5.41) is 34.0. The SMILES string of the molecule is Cc1cccc2c(OC(=O)N(CCOCCO)CCN(C)C(=O)OCc3ccc(NC(=O)[C@H](CCCNC(N)=O)CC(=O)[C@@H](NC(=O)OCCOCCNC(=O)CCC(=O)N4Cc5ccccc5C#Cc5ccccc54)C(C)C)cc3)cc3c(c12)[C@H](CCl)CN3C(=O)c1cn2cc(NC(=O)c3ccc(O)cc3)ccc2n1. The Morgan fingerprint density at radius 3 is 2.23 bits per heavy atom. The van der Waals surface area contributed by atoms with E-state index in [9.17, 15) is 58.2 Å². The number of alkyl halides is 1. The topological polar surface area (TPSA) is 374 Å². The number of primary amides is 1. The minimum atomic E-state index is -1.05. The van der Waals surface area contributed by atoms with E-state index in [1.165, 1.54) is 41.1 Å². The van der Waals surface area contributed by atoms with Gasteiger partial charge in [0.25, 0.3) is 11.8 Å². The number of Topliss-reactive ketones (excluding diaryl/α,β-unsaturated/α-hetero) is 1. The van der Waals surface area contributed by atoms with Gasteiger partial charge >= 0.3 is 24.3 Å². The molecule has 2 aliphatic heterocycles. The molecule has 10 amide bonds. The van der Waals surface area contributed by atoms with E-state index in [0.717, 1.165) is 27.6 Å². The highest BCUT2D eigenvalue weighted by Crippen LogP contribution is 2.47. The molecule has 582 valence electrons. The van der Waals surface area contributed by atoms with Crippen LogP contribution in [0.3, 0.4) is 0 Å². The maximum absolute atomic E-state index is 14.7. The summed E-state index contributed by atoms with van der Waals surface area (Å²) < 4.78 is 30.0. The number of hydrogen-bond acceptors (Lipinski definition) is 18. The normalized spacial score (nSPS) is 13.2. The number of carbonyl (C=O) groups excluding carboxylic acids is 10. The maximum Gasteiger partial charge on any atom is 0.415 e. The minimum Gasteiger partial charge on any atom is -0.508 e. The van der Waals surface area contributed by atoms with Crippen molar-refractivity contribution in [3.05, 3.63) is 190 Å². The van der Waals surface area contributed by atoms with Gasteiger partial charge in [0.1, 0.15) is 36.1 Å². The van der Waals surface area contributed by atoms with Crippen molar-refractivity contribution in [1.82, 2.24) is 35.1 Å². The number of aliphatic hydroxyl groups excluding tert-OH is 1. The number of aryl methyl sites for hydroxylation is 1. The number of phenolic OH excluding ortho intramolecular Hbond substituents is 1. The number of para-hydroxylation sites is 1. The maximum atomic E-state index is 14.7. The third kappa shape index (κ3) is 22.1. The first kappa shape index (κ1) is 81.4. The van der Waals surface area contributed by atoms with Crippen LogP contribution in [0.15, 0.2) is 146 Å². The van der Waals surface area contributed by atoms with Gasteiger partial charge in [0.05, 0.1) is 62.7 Å². The number of pyridine rings is 1. The first-order chi connectivity index (χ1) is 53.5. The van der Waals surface area contributed by atoms with E-state index in [0.29, 0.717) is 57.0 Å². The number of urea groups is 1. The first-order valence-electron chi connectivity index (χ1n) is 36.4. The van der Waals surface area contributed by atoms with E-state index in [1.807, 2.05) is 73.7 Å². The van der Waals surface area contributed by atoms with Crippen LogP contribution in [-0.2, 0) is 51.3 Å². The molecule has 0 bridgehead atoms. The van der Waals surface area contributed by atoms with Crippen molar-refractivity contribution in [3.63, 3.8) is 0 Å². The quantitative estimate of drug-likeness (QED) is 0.0104. The third-order valence-corrected chi connectivity index (χ3v) is 19.0. The Hall–Kier alpha value is -12.1. The van der Waals surface area contributed by atoms with Crippen LogP contribution in [0.4, 0.5) is 41.9 Å². The fourth-order valence-corrected chi connectivity index (χ4v) is 13.1. The second-order valence-corrected chi connectivity index (χ2v) is 27.2. The molecule has 0 fully saturated rings. The van der Waals surface area contributed by atoms with Crippen molar-refractivity contribution in [2.45, 2.75) is 78.0 Å². The van der Waals surface area contributed by atoms with Crippen molar-refractivity contribution in [1.29, 1.82) is 0 Å². The molecule has 0 unspecified atom stereocenters. The number of nitrogens with two attached hydrogens (primary N) is 1. The molecule has 10 rings (SSSR count). The summed E-state index contributed by atoms with van der Waals surface area (Å²) in [5.74, 6) is 2.60. The number of anilines is 4. The number of hydrogen-bond donors (Lipinski definition) is 8. The Labute approximate surface area is 646 Å². The molecule has 0 aliphatic carbocycles. The van der Waals surface area contributed by atoms with E-state index in [-0.39, 0.29) is 158 Å². The molecule has 111 heavy (non-hydrogen) atoms. The number of nitrogens with one attached hydrogen (secondary N) is 5. The van der Waals surface area contributed by atoms with E-state index in [4.69, 9.17) is 41.0 Å². The number of aromatic hydroxyl groups is 1. The van der Waals surface area contributed by atoms with Gasteiger partial charge in [-0.15, -0.1) is 11.6 Å². The Morgan fingerprint density at radius 1 is 0.730 bits per heavy atom. The summed E-state index contributed by atoms with van der Waals surface area (Å²) in [7, 11) is 1.49. The molecule has 8 aromatic rings. The Balaban J connectivity index is 0.686. The number of amides is 10. The summed E-state index contributed by atoms with van der Waals surface area (Å²) in [5.41, 5.74) is 12.7. The Bertz CT molecular complexity index is 4770. The molecule has 0 radical (unpaired) electrons. The van der Waals surface area contributed by atoms with Crippen LogP contribution in [0.1, 0.15) is 106 Å². The molecule has 6 aromatic carbocycles. The Morgan fingerprint density at radius 2 is 1.47 bits per heavy atom. The first-order valence-corrected chi connectivity index (χ1v) is 36.9. The van der Waals surface area contributed by atoms with E-state index < -0.39 is 65.7 Å². The molecule has 3 atom stereocenters. The number of nitrogens with zero attached hydrogens (tertiary/aromatic N) is 6. The summed E-state index contributed by atoms with van der Waals surface area (Å²) in [4.78, 5) is 145. The van der Waals surface area contributed by atoms with Crippen LogP contribution in [0.25, 0.3) is 16.4 Å². The van der Waals surface area contributed by atoms with Gasteiger partial charge in [0, 0.05) is 130 Å². The molecule has 0 spiro atoms. The standard InChI is InChI=1S/C81H89ClN12O17/c1-51(2)74(89-79(104)109-42-41-107-38-33-84-70(98)30-31-71(99)93-46-58-14-6-5-12-54(58)20-21-55-13-7-8-17-65(55)93)67(97)43-57(15-10-32-85-78(83)103)76(101)86-60-24-18-53(19-25-60)50-110-80(105)90(4)34-35-91(36-39-108-40-37-95)81(106)111-68-44-66-73(72-52(3)11-9-16-63(68)72)59(45-82)47-94(66)77(102)64-49-92-48-61(26-29-69(92)88-64)87-75(100)56-22-27-62(96)28-23-56/h5-9,11-14,16-19,22-29,44,48-49,51,57,59,74,95-96H,10,15,30-43,45-47,50H2,1-4H3,(H,84,98)(H,86,101)(H,87,100)(H,89,104)(H3,83,85,103)/t57-,59-,74+/m1/s1. The van der Waals surface area contributed by atoms with E-state index >= 15 is 0 Å². The number of carbonyl (C=O) groups is 10. The van der Waals surface area contributed by atoms with Gasteiger partial charge in [-0.3, -0.25) is 28.8 Å². The lowest BCUT2D eigenvalue weighted by molar-refractivity contribution is -0.128. The molecule has 0 saturated heterocycles. The van der Waals surface area contributed by atoms with Gasteiger partial charge in [0.2, 0.25) is 17.7 Å². The lowest BCUT2D eigenvalue weighted by Gasteiger charge is -2.26. The zero-order chi connectivity index (χ0) is 79.1. The number of imidazole rings is 1. The third-order valence-electron chi connectivity index (χ3n) is 18.6. The summed E-state index contributed by atoms with van der Waals surface area (Å²) in [6.07, 6.45) is 0.789. The highest BCUT2D eigenvalue weighted by Gasteiger charge is 2.38. The summed E-state index contributed by atoms with van der Waals surface area (Å²) >= 11 is 6.67. The lowest BCUT2D eigenvalue weighted by Crippen LogP contribution is -2.46. The van der Waals surface area contributed by atoms with Gasteiger partial charge in [-0.1, -0.05) is 86.4 Å². The number of likely N-dealkylation sites (N-methyl/N-ethyl adjacent to an activating group) is 1. The zero-order valence-corrected chi connectivity index (χ0v) is 62.7. The van der Waals surface area contributed by atoms with Gasteiger partial charge in [0.15, 0.2) is 5.78 Å². The highest BCUT2D eigenvalue weighted by atomic mass is 35.5. The summed E-state index contributed by atoms with van der Waals surface area (Å²) in [6.45, 7) is 5.42. The van der Waals surface area contributed by atoms with Crippen LogP contribution in [0, 0.1) is 30.6 Å². The Kier molecular flexibility index (Phi) is 28.8. The number of phenols is 1. The average Bonchev–Trinajstić information content (AvgIpc) is 1.59. The molecular formula is C81H89ClN12O17. The van der Waals surface area contributed by atoms with Crippen molar-refractivity contribution in [3.8, 4) is 23.3 Å². The smallest absolute Gasteiger partial charge is 0.415 e. The number of rotatable bonds is 35. The predicted molar refractivity (Wildman–Crippen MR) is 415 cm³/mol. The van der Waals surface area contributed by atoms with E-state index in [1.54, 1.807) is 82.9 Å². The number of ketones is 1. The number of alkyl carbamates (subject to hydrolysis) is 1. The average molecular weight is 1540 g/mol. The molecule has 0 saturated carbocycles. The fourth-order valence-electron chi connectivity index (χ4n) is 12.8. The minimum absolute atomic E-state index is 0.000845. The van der Waals surface area contributed by atoms with Crippen LogP contribution < -0.4 is 46.9 Å². The number of aromatic nitrogens is 2. The highest BCUT2D eigenvalue weighted by molar-refractivity contribution is 6.19. The van der Waals surface area contributed by atoms with Gasteiger partial charge < -0.3 is 90.2 Å². The van der Waals surface area contributed by atoms with Crippen molar-refractivity contribution in [2.75, 3.05) is 112 Å². The largest absolute Gasteiger partial charge is 0.508 e. The lowest BCUT2D eigenvalue weighted by atomic mass is 9.89. The van der Waals surface area contributed by atoms with Crippen LogP contribution in [0.2, 0.25) is 0 Å². The van der Waals surface area contributed by atoms with Gasteiger partial charge in [-0.05, 0) is 120 Å². The number of ether oxygens (including phenoxy) is 5. The second-order valence-electron chi connectivity index (χ2n) is 26.9. The number of fused-ring (bicyclic) bond motifs is 6. The van der Waals surface area contributed by atoms with Crippen molar-refractivity contribution < 1.29 is 81.8 Å². The predicted octanol–water partition coefficient (Wildman–Crippen LogP) is 9.39.